The van der Waals surface area contributed by atoms with Gasteiger partial charge in [0.25, 0.3) is 0 Å². The molecule has 164 valence electrons. The molecule has 10 heteroatoms. The van der Waals surface area contributed by atoms with E-state index in [0.29, 0.717) is 25.0 Å². The van der Waals surface area contributed by atoms with Crippen LogP contribution in [-0.4, -0.2) is 46.8 Å². The van der Waals surface area contributed by atoms with E-state index in [0.717, 1.165) is 31.4 Å². The van der Waals surface area contributed by atoms with E-state index in [2.05, 4.69) is 4.90 Å². The van der Waals surface area contributed by atoms with Gasteiger partial charge in [0.15, 0.2) is 11.6 Å². The minimum atomic E-state index is -1.47. The lowest BCUT2D eigenvalue weighted by Crippen LogP contribution is -2.35. The first-order chi connectivity index (χ1) is 14.4. The third kappa shape index (κ3) is 4.43. The minimum Gasteiger partial charge on any atom is -0.477 e. The van der Waals surface area contributed by atoms with E-state index in [-0.39, 0.29) is 23.3 Å². The summed E-state index contributed by atoms with van der Waals surface area (Å²) < 4.78 is 34.6. The summed E-state index contributed by atoms with van der Waals surface area (Å²) in [5.41, 5.74) is -0.110. The summed E-state index contributed by atoms with van der Waals surface area (Å²) in [4.78, 5) is 26.3. The van der Waals surface area contributed by atoms with E-state index in [1.165, 1.54) is 4.57 Å². The average Bonchev–Trinajstić information content (AvgIpc) is 2.74. The fraction of sp³-hybridized carbons (Fsp3) is 0.238. The van der Waals surface area contributed by atoms with E-state index in [1.807, 2.05) is 12.1 Å². The van der Waals surface area contributed by atoms with Gasteiger partial charge in [-0.3, -0.25) is 9.69 Å². The van der Waals surface area contributed by atoms with Gasteiger partial charge in [-0.25, -0.2) is 13.6 Å². The number of fused-ring (bicyclic) bond motifs is 1. The fourth-order valence-electron chi connectivity index (χ4n) is 3.53. The highest BCUT2D eigenvalue weighted by Crippen LogP contribution is 2.29. The summed E-state index contributed by atoms with van der Waals surface area (Å²) in [5.74, 6) is -4.09. The molecule has 0 radical (unpaired) electrons. The van der Waals surface area contributed by atoms with E-state index in [4.69, 9.17) is 16.3 Å². The molecule has 1 N–H and O–H groups in total. The molecule has 6 nitrogen and oxygen atoms in total. The number of rotatable bonds is 4. The van der Waals surface area contributed by atoms with Gasteiger partial charge in [-0.1, -0.05) is 23.7 Å². The number of carbonyl (C=O) groups is 1. The molecule has 0 unspecified atom stereocenters. The van der Waals surface area contributed by atoms with Gasteiger partial charge in [-0.15, -0.1) is 12.4 Å². The molecule has 0 bridgehead atoms. The number of carboxylic acid groups (broad SMARTS) is 1. The molecule has 0 saturated carbocycles. The Morgan fingerprint density at radius 2 is 1.81 bits per heavy atom. The second kappa shape index (κ2) is 9.32. The van der Waals surface area contributed by atoms with Crippen molar-refractivity contribution in [3.8, 4) is 5.69 Å². The Labute approximate surface area is 187 Å². The molecule has 2 aromatic carbocycles. The number of ether oxygens (including phenoxy) is 1. The number of aromatic carboxylic acids is 1. The highest BCUT2D eigenvalue weighted by molar-refractivity contribution is 6.35. The second-order valence-electron chi connectivity index (χ2n) is 6.98. The average molecular weight is 471 g/mol. The zero-order valence-electron chi connectivity index (χ0n) is 16.1. The number of hydrogen-bond donors (Lipinski definition) is 1. The zero-order valence-corrected chi connectivity index (χ0v) is 17.7. The smallest absolute Gasteiger partial charge is 0.341 e. The van der Waals surface area contributed by atoms with Gasteiger partial charge in [-0.2, -0.15) is 0 Å². The Hall–Kier alpha value is -2.52. The molecule has 3 aromatic rings. The number of pyridine rings is 1. The van der Waals surface area contributed by atoms with Crippen molar-refractivity contribution in [1.29, 1.82) is 0 Å². The fourth-order valence-corrected chi connectivity index (χ4v) is 3.81. The van der Waals surface area contributed by atoms with Crippen molar-refractivity contribution in [3.63, 3.8) is 0 Å². The predicted molar refractivity (Wildman–Crippen MR) is 115 cm³/mol. The molecular formula is C21H18Cl2F2N2O4. The van der Waals surface area contributed by atoms with Crippen LogP contribution >= 0.6 is 24.0 Å². The van der Waals surface area contributed by atoms with Crippen molar-refractivity contribution < 1.29 is 23.4 Å². The van der Waals surface area contributed by atoms with Gasteiger partial charge in [0.2, 0.25) is 5.43 Å². The Kier molecular flexibility index (Phi) is 6.96. The molecule has 1 fully saturated rings. The van der Waals surface area contributed by atoms with Crippen LogP contribution in [0.1, 0.15) is 15.9 Å². The number of nitrogens with zero attached hydrogens (tertiary/aromatic N) is 2. The molecule has 1 aliphatic heterocycles. The van der Waals surface area contributed by atoms with Crippen LogP contribution in [0.2, 0.25) is 5.02 Å². The summed E-state index contributed by atoms with van der Waals surface area (Å²) in [5, 5.41) is 8.49. The van der Waals surface area contributed by atoms with Gasteiger partial charge in [0, 0.05) is 31.5 Å². The number of morpholine rings is 1. The van der Waals surface area contributed by atoms with Crippen molar-refractivity contribution >= 4 is 40.9 Å². The zero-order chi connectivity index (χ0) is 21.4. The SMILES string of the molecule is Cl.O=C(O)c1cn(-c2ccc(CN3CCOCC3)cc2)c2c(Cl)c(F)c(F)cc2c1=O. The van der Waals surface area contributed by atoms with Gasteiger partial charge < -0.3 is 14.4 Å². The molecular weight excluding hydrogens is 453 g/mol. The quantitative estimate of drug-likeness (QED) is 0.585. The van der Waals surface area contributed by atoms with Crippen LogP contribution in [0.4, 0.5) is 8.78 Å². The van der Waals surface area contributed by atoms with Crippen molar-refractivity contribution in [2.45, 2.75) is 6.54 Å². The monoisotopic (exact) mass is 470 g/mol. The molecule has 4 rings (SSSR count). The maximum atomic E-state index is 14.1. The number of aromatic nitrogens is 1. The van der Waals surface area contributed by atoms with Crippen LogP contribution in [0.3, 0.4) is 0 Å². The summed E-state index contributed by atoms with van der Waals surface area (Å²) in [6.45, 7) is 3.73. The third-order valence-corrected chi connectivity index (χ3v) is 5.42. The highest BCUT2D eigenvalue weighted by Gasteiger charge is 2.22. The van der Waals surface area contributed by atoms with E-state index < -0.39 is 33.6 Å². The molecule has 31 heavy (non-hydrogen) atoms. The van der Waals surface area contributed by atoms with Crippen LogP contribution in [0.25, 0.3) is 16.6 Å². The molecule has 0 aliphatic carbocycles. The Bertz CT molecular complexity index is 1190. The van der Waals surface area contributed by atoms with E-state index >= 15 is 0 Å². The summed E-state index contributed by atoms with van der Waals surface area (Å²) in [6.07, 6.45) is 1.08. The Morgan fingerprint density at radius 3 is 2.42 bits per heavy atom. The first kappa shape index (κ1) is 23.1. The predicted octanol–water partition coefficient (Wildman–Crippen LogP) is 3.87. The third-order valence-electron chi connectivity index (χ3n) is 5.08. The maximum Gasteiger partial charge on any atom is 0.341 e. The summed E-state index contributed by atoms with van der Waals surface area (Å²) in [6, 6.07) is 7.80. The van der Waals surface area contributed by atoms with Crippen molar-refractivity contribution in [3.05, 3.63) is 74.5 Å². The summed E-state index contributed by atoms with van der Waals surface area (Å²) >= 11 is 6.01. The van der Waals surface area contributed by atoms with E-state index in [1.54, 1.807) is 12.1 Å². The van der Waals surface area contributed by atoms with Gasteiger partial charge in [0.1, 0.15) is 10.6 Å². The largest absolute Gasteiger partial charge is 0.477 e. The molecule has 0 spiro atoms. The van der Waals surface area contributed by atoms with Gasteiger partial charge >= 0.3 is 5.97 Å². The van der Waals surface area contributed by atoms with Crippen LogP contribution in [0, 0.1) is 11.6 Å². The summed E-state index contributed by atoms with van der Waals surface area (Å²) in [7, 11) is 0. The van der Waals surface area contributed by atoms with Crippen molar-refractivity contribution in [1.82, 2.24) is 9.47 Å². The van der Waals surface area contributed by atoms with Crippen LogP contribution in [0.15, 0.2) is 41.3 Å². The number of halogens is 4. The molecule has 1 aliphatic rings. The Morgan fingerprint density at radius 1 is 1.16 bits per heavy atom. The van der Waals surface area contributed by atoms with Crippen LogP contribution in [0.5, 0.6) is 0 Å². The number of carboxylic acids is 1. The molecule has 1 saturated heterocycles. The highest BCUT2D eigenvalue weighted by atomic mass is 35.5. The standard InChI is InChI=1S/C21H17ClF2N2O4.ClH/c22-17-18(24)16(23)9-14-19(17)26(11-15(20(14)27)21(28)29)13-3-1-12(2-4-13)10-25-5-7-30-8-6-25;/h1-4,9,11H,5-8,10H2,(H,28,29);1H. The topological polar surface area (TPSA) is 71.8 Å². The lowest BCUT2D eigenvalue weighted by Gasteiger charge is -2.26. The lowest BCUT2D eigenvalue weighted by atomic mass is 10.1. The normalized spacial score (nSPS) is 14.4. The Balaban J connectivity index is 0.00000272. The molecule has 0 atom stereocenters. The van der Waals surface area contributed by atoms with Gasteiger partial charge in [0.05, 0.1) is 24.1 Å². The molecule has 1 aromatic heterocycles. The van der Waals surface area contributed by atoms with Gasteiger partial charge in [-0.05, 0) is 23.8 Å². The molecule has 2 heterocycles. The van der Waals surface area contributed by atoms with Crippen LogP contribution < -0.4 is 5.43 Å². The number of hydrogen-bond acceptors (Lipinski definition) is 4. The maximum absolute atomic E-state index is 14.1. The van der Waals surface area contributed by atoms with Crippen molar-refractivity contribution in [2.75, 3.05) is 26.3 Å². The van der Waals surface area contributed by atoms with Crippen molar-refractivity contribution in [2.24, 2.45) is 0 Å². The van der Waals surface area contributed by atoms with Crippen LogP contribution in [-0.2, 0) is 11.3 Å². The minimum absolute atomic E-state index is 0. The number of benzene rings is 2. The molecule has 0 amide bonds. The van der Waals surface area contributed by atoms with E-state index in [9.17, 15) is 23.5 Å². The lowest BCUT2D eigenvalue weighted by molar-refractivity contribution is 0.0342. The first-order valence-corrected chi connectivity index (χ1v) is 9.60. The second-order valence-corrected chi connectivity index (χ2v) is 7.36. The first-order valence-electron chi connectivity index (χ1n) is 9.22.